The molecule has 2 rings (SSSR count). The standard InChI is InChI=1S/C14H26N4/c1-4-6-14(7-5-2)10-18(11-14)9-12-8-16-17(3)13(12)15/h8H,4-7,9-11,15H2,1-3H3. The second kappa shape index (κ2) is 5.31. The van der Waals surface area contributed by atoms with E-state index in [0.29, 0.717) is 5.41 Å². The van der Waals surface area contributed by atoms with Crippen LogP contribution in [0.15, 0.2) is 6.20 Å². The fourth-order valence-corrected chi connectivity index (χ4v) is 3.37. The van der Waals surface area contributed by atoms with E-state index in [9.17, 15) is 0 Å². The number of hydrogen-bond acceptors (Lipinski definition) is 3. The molecule has 4 heteroatoms. The van der Waals surface area contributed by atoms with Crippen LogP contribution in [0.3, 0.4) is 0 Å². The van der Waals surface area contributed by atoms with Gasteiger partial charge in [0.05, 0.1) is 6.20 Å². The van der Waals surface area contributed by atoms with Crippen molar-refractivity contribution in [3.05, 3.63) is 11.8 Å². The van der Waals surface area contributed by atoms with Gasteiger partial charge in [-0.3, -0.25) is 9.58 Å². The second-order valence-corrected chi connectivity index (χ2v) is 5.82. The van der Waals surface area contributed by atoms with Gasteiger partial charge in [0, 0.05) is 32.2 Å². The third-order valence-corrected chi connectivity index (χ3v) is 4.14. The predicted molar refractivity (Wildman–Crippen MR) is 75.1 cm³/mol. The highest BCUT2D eigenvalue weighted by atomic mass is 15.3. The summed E-state index contributed by atoms with van der Waals surface area (Å²) < 4.78 is 1.75. The van der Waals surface area contributed by atoms with E-state index in [0.717, 1.165) is 12.4 Å². The number of aryl methyl sites for hydroxylation is 1. The van der Waals surface area contributed by atoms with Gasteiger partial charge in [0.2, 0.25) is 0 Å². The second-order valence-electron chi connectivity index (χ2n) is 5.82. The van der Waals surface area contributed by atoms with Gasteiger partial charge in [-0.05, 0) is 18.3 Å². The minimum Gasteiger partial charge on any atom is -0.384 e. The summed E-state index contributed by atoms with van der Waals surface area (Å²) in [6.45, 7) is 7.99. The van der Waals surface area contributed by atoms with Crippen LogP contribution in [-0.4, -0.2) is 27.8 Å². The Labute approximate surface area is 110 Å². The molecule has 1 aliphatic heterocycles. The van der Waals surface area contributed by atoms with Crippen molar-refractivity contribution >= 4 is 5.82 Å². The van der Waals surface area contributed by atoms with Crippen LogP contribution in [-0.2, 0) is 13.6 Å². The lowest BCUT2D eigenvalue weighted by Crippen LogP contribution is -2.55. The molecular weight excluding hydrogens is 224 g/mol. The molecule has 0 bridgehead atoms. The Kier molecular flexibility index (Phi) is 3.95. The Bertz CT molecular complexity index is 382. The summed E-state index contributed by atoms with van der Waals surface area (Å²) in [6, 6.07) is 0. The highest BCUT2D eigenvalue weighted by Crippen LogP contribution is 2.40. The van der Waals surface area contributed by atoms with Gasteiger partial charge in [0.1, 0.15) is 5.82 Å². The van der Waals surface area contributed by atoms with Crippen LogP contribution in [0.1, 0.15) is 45.1 Å². The Morgan fingerprint density at radius 1 is 1.28 bits per heavy atom. The molecule has 18 heavy (non-hydrogen) atoms. The predicted octanol–water partition coefficient (Wildman–Crippen LogP) is 2.40. The maximum absolute atomic E-state index is 5.99. The van der Waals surface area contributed by atoms with Gasteiger partial charge >= 0.3 is 0 Å². The molecule has 0 amide bonds. The summed E-state index contributed by atoms with van der Waals surface area (Å²) in [5, 5.41) is 4.20. The first-order chi connectivity index (χ1) is 8.60. The maximum atomic E-state index is 5.99. The molecule has 2 heterocycles. The lowest BCUT2D eigenvalue weighted by atomic mass is 9.72. The van der Waals surface area contributed by atoms with Gasteiger partial charge in [-0.2, -0.15) is 5.10 Å². The molecule has 1 saturated heterocycles. The number of nitrogens with two attached hydrogens (primary N) is 1. The number of likely N-dealkylation sites (tertiary alicyclic amines) is 1. The van der Waals surface area contributed by atoms with Crippen molar-refractivity contribution in [3.8, 4) is 0 Å². The fraction of sp³-hybridized carbons (Fsp3) is 0.786. The van der Waals surface area contributed by atoms with Crippen LogP contribution in [0.4, 0.5) is 5.82 Å². The molecule has 0 radical (unpaired) electrons. The van der Waals surface area contributed by atoms with E-state index in [2.05, 4.69) is 23.8 Å². The van der Waals surface area contributed by atoms with Gasteiger partial charge in [0.25, 0.3) is 0 Å². The quantitative estimate of drug-likeness (QED) is 0.843. The van der Waals surface area contributed by atoms with E-state index in [4.69, 9.17) is 5.73 Å². The molecule has 1 aliphatic rings. The van der Waals surface area contributed by atoms with Crippen LogP contribution >= 0.6 is 0 Å². The first-order valence-electron chi connectivity index (χ1n) is 7.09. The summed E-state index contributed by atoms with van der Waals surface area (Å²) in [5.41, 5.74) is 7.74. The molecule has 1 fully saturated rings. The van der Waals surface area contributed by atoms with Crippen LogP contribution in [0, 0.1) is 5.41 Å². The maximum Gasteiger partial charge on any atom is 0.125 e. The highest BCUT2D eigenvalue weighted by molar-refractivity contribution is 5.38. The number of rotatable bonds is 6. The third kappa shape index (κ3) is 2.53. The lowest BCUT2D eigenvalue weighted by molar-refractivity contribution is -0.0202. The van der Waals surface area contributed by atoms with Crippen LogP contribution in [0.2, 0.25) is 0 Å². The number of nitrogen functional groups attached to an aromatic ring is 1. The smallest absolute Gasteiger partial charge is 0.125 e. The Morgan fingerprint density at radius 2 is 1.89 bits per heavy atom. The highest BCUT2D eigenvalue weighted by Gasteiger charge is 2.41. The summed E-state index contributed by atoms with van der Waals surface area (Å²) in [4.78, 5) is 2.50. The minimum atomic E-state index is 0.584. The first-order valence-corrected chi connectivity index (χ1v) is 7.09. The molecule has 1 aromatic heterocycles. The molecule has 0 spiro atoms. The average Bonchev–Trinajstić information content (AvgIpc) is 2.59. The lowest BCUT2D eigenvalue weighted by Gasteiger charge is -2.51. The molecule has 0 unspecified atom stereocenters. The van der Waals surface area contributed by atoms with E-state index in [1.165, 1.54) is 44.3 Å². The number of hydrogen-bond donors (Lipinski definition) is 1. The summed E-state index contributed by atoms with van der Waals surface area (Å²) >= 11 is 0. The largest absolute Gasteiger partial charge is 0.384 e. The normalized spacial score (nSPS) is 18.8. The number of nitrogens with zero attached hydrogens (tertiary/aromatic N) is 3. The first kappa shape index (κ1) is 13.4. The zero-order chi connectivity index (χ0) is 13.2. The van der Waals surface area contributed by atoms with E-state index < -0.39 is 0 Å². The zero-order valence-corrected chi connectivity index (χ0v) is 11.9. The van der Waals surface area contributed by atoms with E-state index in [1.54, 1.807) is 4.68 Å². The van der Waals surface area contributed by atoms with Gasteiger partial charge < -0.3 is 5.73 Å². The Morgan fingerprint density at radius 3 is 2.33 bits per heavy atom. The Balaban J connectivity index is 1.90. The van der Waals surface area contributed by atoms with E-state index in [-0.39, 0.29) is 0 Å². The molecule has 102 valence electrons. The average molecular weight is 250 g/mol. The van der Waals surface area contributed by atoms with Crippen molar-refractivity contribution in [2.24, 2.45) is 12.5 Å². The summed E-state index contributed by atoms with van der Waals surface area (Å²) in [5.74, 6) is 0.804. The van der Waals surface area contributed by atoms with Crippen LogP contribution in [0.5, 0.6) is 0 Å². The molecule has 0 atom stereocenters. The van der Waals surface area contributed by atoms with Crippen LogP contribution < -0.4 is 5.73 Å². The molecule has 4 nitrogen and oxygen atoms in total. The molecule has 0 aromatic carbocycles. The Hall–Kier alpha value is -1.03. The minimum absolute atomic E-state index is 0.584. The van der Waals surface area contributed by atoms with Crippen molar-refractivity contribution in [1.29, 1.82) is 0 Å². The molecule has 2 N–H and O–H groups in total. The fourth-order valence-electron chi connectivity index (χ4n) is 3.37. The van der Waals surface area contributed by atoms with E-state index in [1.807, 2.05) is 13.2 Å². The monoisotopic (exact) mass is 250 g/mol. The van der Waals surface area contributed by atoms with Gasteiger partial charge in [-0.15, -0.1) is 0 Å². The molecule has 1 aromatic rings. The van der Waals surface area contributed by atoms with Crippen molar-refractivity contribution in [3.63, 3.8) is 0 Å². The van der Waals surface area contributed by atoms with Crippen LogP contribution in [0.25, 0.3) is 0 Å². The molecule has 0 aliphatic carbocycles. The van der Waals surface area contributed by atoms with Crippen molar-refractivity contribution in [2.45, 2.75) is 46.1 Å². The van der Waals surface area contributed by atoms with Gasteiger partial charge in [0.15, 0.2) is 0 Å². The zero-order valence-electron chi connectivity index (χ0n) is 11.9. The molecule has 0 saturated carbocycles. The molecular formula is C14H26N4. The van der Waals surface area contributed by atoms with Crippen molar-refractivity contribution in [1.82, 2.24) is 14.7 Å². The topological polar surface area (TPSA) is 47.1 Å². The SMILES string of the molecule is CCCC1(CCC)CN(Cc2cnn(C)c2N)C1. The number of aromatic nitrogens is 2. The van der Waals surface area contributed by atoms with Crippen molar-refractivity contribution < 1.29 is 0 Å². The van der Waals surface area contributed by atoms with Gasteiger partial charge in [-0.1, -0.05) is 26.7 Å². The summed E-state index contributed by atoms with van der Waals surface area (Å²) in [7, 11) is 1.90. The third-order valence-electron chi connectivity index (χ3n) is 4.14. The van der Waals surface area contributed by atoms with E-state index >= 15 is 0 Å². The van der Waals surface area contributed by atoms with Crippen molar-refractivity contribution in [2.75, 3.05) is 18.8 Å². The number of anilines is 1. The van der Waals surface area contributed by atoms with Gasteiger partial charge in [-0.25, -0.2) is 0 Å². The summed E-state index contributed by atoms with van der Waals surface area (Å²) in [6.07, 6.45) is 7.21.